The first-order chi connectivity index (χ1) is 11.5. The van der Waals surface area contributed by atoms with Crippen molar-refractivity contribution < 1.29 is 9.59 Å². The fourth-order valence-electron chi connectivity index (χ4n) is 2.89. The van der Waals surface area contributed by atoms with Crippen LogP contribution in [0.15, 0.2) is 48.7 Å². The minimum atomic E-state index is -0.329. The molecule has 5 nitrogen and oxygen atoms in total. The molecule has 5 heteroatoms. The molecule has 1 aromatic heterocycles. The van der Waals surface area contributed by atoms with Gasteiger partial charge in [0.15, 0.2) is 0 Å². The molecule has 24 heavy (non-hydrogen) atoms. The Kier molecular flexibility index (Phi) is 4.60. The van der Waals surface area contributed by atoms with E-state index in [4.69, 9.17) is 0 Å². The second-order valence-corrected chi connectivity index (χ2v) is 6.23. The van der Waals surface area contributed by atoms with Crippen LogP contribution >= 0.6 is 0 Å². The Balaban J connectivity index is 1.64. The number of rotatable bonds is 4. The maximum absolute atomic E-state index is 12.5. The number of amides is 2. The Morgan fingerprint density at radius 2 is 2.00 bits per heavy atom. The molecule has 1 aromatic carbocycles. The van der Waals surface area contributed by atoms with Gasteiger partial charge in [0.1, 0.15) is 0 Å². The summed E-state index contributed by atoms with van der Waals surface area (Å²) in [5.74, 6) is -0.439. The standard InChI is InChI=1S/C19H21N3O2/c1-13-6-8-16(9-7-13)22-12-15(11-18(22)23)19(24)21-14(2)17-5-3-4-10-20-17/h3-10,14-15H,11-12H2,1-2H3,(H,21,24). The SMILES string of the molecule is Cc1ccc(N2CC(C(=O)NC(C)c3ccccn3)CC2=O)cc1. The maximum Gasteiger partial charge on any atom is 0.227 e. The van der Waals surface area contributed by atoms with Gasteiger partial charge in [-0.25, -0.2) is 0 Å². The highest BCUT2D eigenvalue weighted by atomic mass is 16.2. The zero-order valence-electron chi connectivity index (χ0n) is 13.9. The Morgan fingerprint density at radius 1 is 1.25 bits per heavy atom. The minimum absolute atomic E-state index is 0.00973. The highest BCUT2D eigenvalue weighted by Gasteiger charge is 2.35. The number of nitrogens with one attached hydrogen (secondary N) is 1. The molecule has 0 saturated carbocycles. The first-order valence-corrected chi connectivity index (χ1v) is 8.13. The molecule has 2 amide bonds. The van der Waals surface area contributed by atoms with Crippen LogP contribution in [0.3, 0.4) is 0 Å². The number of carbonyl (C=O) groups excluding carboxylic acids is 2. The van der Waals surface area contributed by atoms with Gasteiger partial charge in [-0.15, -0.1) is 0 Å². The third-order valence-electron chi connectivity index (χ3n) is 4.33. The molecule has 0 spiro atoms. The average Bonchev–Trinajstić information content (AvgIpc) is 2.98. The Labute approximate surface area is 141 Å². The second-order valence-electron chi connectivity index (χ2n) is 6.23. The van der Waals surface area contributed by atoms with Gasteiger partial charge >= 0.3 is 0 Å². The lowest BCUT2D eigenvalue weighted by atomic mass is 10.1. The van der Waals surface area contributed by atoms with Crippen LogP contribution in [0.1, 0.15) is 30.6 Å². The summed E-state index contributed by atoms with van der Waals surface area (Å²) in [5, 5.41) is 2.96. The number of aromatic nitrogens is 1. The first kappa shape index (κ1) is 16.2. The van der Waals surface area contributed by atoms with Gasteiger partial charge in [-0.2, -0.15) is 0 Å². The van der Waals surface area contributed by atoms with Crippen LogP contribution in [0.25, 0.3) is 0 Å². The fraction of sp³-hybridized carbons (Fsp3) is 0.316. The number of anilines is 1. The lowest BCUT2D eigenvalue weighted by molar-refractivity contribution is -0.126. The molecule has 1 aliphatic heterocycles. The highest BCUT2D eigenvalue weighted by molar-refractivity contribution is 6.00. The topological polar surface area (TPSA) is 62.3 Å². The summed E-state index contributed by atoms with van der Waals surface area (Å²) < 4.78 is 0. The van der Waals surface area contributed by atoms with Crippen molar-refractivity contribution in [2.75, 3.05) is 11.4 Å². The van der Waals surface area contributed by atoms with Crippen molar-refractivity contribution in [3.63, 3.8) is 0 Å². The second kappa shape index (κ2) is 6.83. The summed E-state index contributed by atoms with van der Waals surface area (Å²) in [6.45, 7) is 4.32. The van der Waals surface area contributed by atoms with E-state index in [-0.39, 0.29) is 30.2 Å². The van der Waals surface area contributed by atoms with E-state index in [1.807, 2.05) is 56.3 Å². The summed E-state index contributed by atoms with van der Waals surface area (Å²) in [6, 6.07) is 13.2. The van der Waals surface area contributed by atoms with Crippen LogP contribution < -0.4 is 10.2 Å². The normalized spacial score (nSPS) is 18.5. The average molecular weight is 323 g/mol. The molecule has 0 radical (unpaired) electrons. The van der Waals surface area contributed by atoms with Crippen molar-refractivity contribution in [1.82, 2.24) is 10.3 Å². The molecule has 1 saturated heterocycles. The number of hydrogen-bond donors (Lipinski definition) is 1. The van der Waals surface area contributed by atoms with E-state index in [1.165, 1.54) is 0 Å². The van der Waals surface area contributed by atoms with Gasteiger partial charge in [-0.05, 0) is 38.1 Å². The van der Waals surface area contributed by atoms with E-state index >= 15 is 0 Å². The van der Waals surface area contributed by atoms with E-state index < -0.39 is 0 Å². The molecule has 0 bridgehead atoms. The molecule has 1 fully saturated rings. The third-order valence-corrected chi connectivity index (χ3v) is 4.33. The van der Waals surface area contributed by atoms with E-state index in [0.29, 0.717) is 6.54 Å². The predicted molar refractivity (Wildman–Crippen MR) is 92.4 cm³/mol. The summed E-state index contributed by atoms with van der Waals surface area (Å²) in [6.07, 6.45) is 1.95. The van der Waals surface area contributed by atoms with Crippen molar-refractivity contribution in [2.45, 2.75) is 26.3 Å². The fourth-order valence-corrected chi connectivity index (χ4v) is 2.89. The number of pyridine rings is 1. The van der Waals surface area contributed by atoms with Crippen LogP contribution in [0, 0.1) is 12.8 Å². The van der Waals surface area contributed by atoms with E-state index in [9.17, 15) is 9.59 Å². The molecular weight excluding hydrogens is 302 g/mol. The van der Waals surface area contributed by atoms with Crippen molar-refractivity contribution >= 4 is 17.5 Å². The Hall–Kier alpha value is -2.69. The minimum Gasteiger partial charge on any atom is -0.348 e. The molecule has 1 aliphatic rings. The van der Waals surface area contributed by atoms with Crippen LogP contribution in [0.2, 0.25) is 0 Å². The molecule has 2 aromatic rings. The lowest BCUT2D eigenvalue weighted by Crippen LogP contribution is -2.34. The van der Waals surface area contributed by atoms with Gasteiger partial charge in [0.05, 0.1) is 17.7 Å². The van der Waals surface area contributed by atoms with Gasteiger partial charge in [-0.1, -0.05) is 23.8 Å². The molecule has 1 N–H and O–H groups in total. The quantitative estimate of drug-likeness (QED) is 0.941. The van der Waals surface area contributed by atoms with Crippen molar-refractivity contribution in [3.8, 4) is 0 Å². The maximum atomic E-state index is 12.5. The molecule has 3 rings (SSSR count). The first-order valence-electron chi connectivity index (χ1n) is 8.13. The number of nitrogens with zero attached hydrogens (tertiary/aromatic N) is 2. The van der Waals surface area contributed by atoms with Crippen LogP contribution in [0.4, 0.5) is 5.69 Å². The Bertz CT molecular complexity index is 728. The van der Waals surface area contributed by atoms with Gasteiger partial charge in [0.25, 0.3) is 0 Å². The summed E-state index contributed by atoms with van der Waals surface area (Å²) in [5.41, 5.74) is 2.80. The number of hydrogen-bond acceptors (Lipinski definition) is 3. The van der Waals surface area contributed by atoms with Crippen molar-refractivity contribution in [3.05, 3.63) is 59.9 Å². The zero-order valence-corrected chi connectivity index (χ0v) is 13.9. The summed E-state index contributed by atoms with van der Waals surface area (Å²) in [4.78, 5) is 30.7. The van der Waals surface area contributed by atoms with Gasteiger partial charge in [0.2, 0.25) is 11.8 Å². The number of aryl methyl sites for hydroxylation is 1. The largest absolute Gasteiger partial charge is 0.348 e. The van der Waals surface area contributed by atoms with Gasteiger partial charge < -0.3 is 10.2 Å². The third kappa shape index (κ3) is 3.45. The van der Waals surface area contributed by atoms with Crippen molar-refractivity contribution in [2.24, 2.45) is 5.92 Å². The van der Waals surface area contributed by atoms with Crippen LogP contribution in [-0.2, 0) is 9.59 Å². The number of carbonyl (C=O) groups is 2. The van der Waals surface area contributed by atoms with Crippen LogP contribution in [0.5, 0.6) is 0 Å². The zero-order chi connectivity index (χ0) is 17.1. The summed E-state index contributed by atoms with van der Waals surface area (Å²) in [7, 11) is 0. The lowest BCUT2D eigenvalue weighted by Gasteiger charge is -2.18. The monoisotopic (exact) mass is 323 g/mol. The highest BCUT2D eigenvalue weighted by Crippen LogP contribution is 2.26. The van der Waals surface area contributed by atoms with E-state index in [2.05, 4.69) is 10.3 Å². The molecular formula is C19H21N3O2. The molecule has 124 valence electrons. The van der Waals surface area contributed by atoms with Crippen LogP contribution in [-0.4, -0.2) is 23.3 Å². The molecule has 0 aliphatic carbocycles. The molecule has 2 heterocycles. The van der Waals surface area contributed by atoms with Gasteiger partial charge in [0, 0.05) is 24.8 Å². The van der Waals surface area contributed by atoms with E-state index in [0.717, 1.165) is 16.9 Å². The molecule has 2 unspecified atom stereocenters. The summed E-state index contributed by atoms with van der Waals surface area (Å²) >= 11 is 0. The molecule has 2 atom stereocenters. The van der Waals surface area contributed by atoms with Gasteiger partial charge in [-0.3, -0.25) is 14.6 Å². The smallest absolute Gasteiger partial charge is 0.227 e. The van der Waals surface area contributed by atoms with E-state index in [1.54, 1.807) is 11.1 Å². The number of benzene rings is 1. The predicted octanol–water partition coefficient (Wildman–Crippen LogP) is 2.62. The van der Waals surface area contributed by atoms with Crippen molar-refractivity contribution in [1.29, 1.82) is 0 Å². The Morgan fingerprint density at radius 3 is 2.67 bits per heavy atom.